The van der Waals surface area contributed by atoms with Gasteiger partial charge in [0.1, 0.15) is 6.54 Å². The number of nitrogens with two attached hydrogens (primary N) is 1. The summed E-state index contributed by atoms with van der Waals surface area (Å²) < 4.78 is 0. The minimum Gasteiger partial charge on any atom is -0.375 e. The summed E-state index contributed by atoms with van der Waals surface area (Å²) in [6.07, 6.45) is 5.99. The Labute approximate surface area is 162 Å². The van der Waals surface area contributed by atoms with Crippen molar-refractivity contribution in [3.63, 3.8) is 0 Å². The molecule has 2 amide bonds. The number of aliphatic hydroxyl groups is 1. The van der Waals surface area contributed by atoms with Gasteiger partial charge < -0.3 is 10.8 Å². The fourth-order valence-electron chi connectivity index (χ4n) is 3.20. The van der Waals surface area contributed by atoms with Crippen LogP contribution in [0.3, 0.4) is 0 Å². The van der Waals surface area contributed by atoms with E-state index in [0.29, 0.717) is 11.3 Å². The molecule has 0 fully saturated rings. The van der Waals surface area contributed by atoms with Crippen molar-refractivity contribution >= 4 is 29.4 Å². The predicted molar refractivity (Wildman–Crippen MR) is 106 cm³/mol. The number of anilines is 1. The first kappa shape index (κ1) is 19.3. The monoisotopic (exact) mass is 376 g/mol. The fourth-order valence-corrected chi connectivity index (χ4v) is 3.20. The molecule has 1 unspecified atom stereocenters. The van der Waals surface area contributed by atoms with Gasteiger partial charge in [-0.05, 0) is 17.7 Å². The summed E-state index contributed by atoms with van der Waals surface area (Å²) in [7, 11) is 0. The van der Waals surface area contributed by atoms with Crippen molar-refractivity contribution in [1.29, 1.82) is 0 Å². The number of ketones is 1. The maximum Gasteiger partial charge on any atom is 0.264 e. The van der Waals surface area contributed by atoms with Crippen molar-refractivity contribution in [3.8, 4) is 0 Å². The lowest BCUT2D eigenvalue weighted by molar-refractivity contribution is -0.141. The minimum absolute atomic E-state index is 0.294. The SMILES string of the molecule is NC(=O)CN1C(=O)C(O)(CC(=O)/C=C/C=C/c2ccccc2)c2ccccc21. The zero-order valence-electron chi connectivity index (χ0n) is 15.1. The molecule has 142 valence electrons. The topological polar surface area (TPSA) is 101 Å². The molecule has 3 N–H and O–H groups in total. The van der Waals surface area contributed by atoms with Crippen LogP contribution < -0.4 is 10.6 Å². The highest BCUT2D eigenvalue weighted by molar-refractivity contribution is 6.11. The summed E-state index contributed by atoms with van der Waals surface area (Å²) >= 11 is 0. The molecule has 1 atom stereocenters. The van der Waals surface area contributed by atoms with Gasteiger partial charge in [0.25, 0.3) is 5.91 Å². The number of benzene rings is 2. The maximum absolute atomic E-state index is 12.7. The largest absolute Gasteiger partial charge is 0.375 e. The van der Waals surface area contributed by atoms with Crippen molar-refractivity contribution in [2.45, 2.75) is 12.0 Å². The quantitative estimate of drug-likeness (QED) is 0.570. The minimum atomic E-state index is -2.02. The number of rotatable bonds is 7. The molecule has 2 aromatic rings. The number of hydrogen-bond donors (Lipinski definition) is 2. The Morgan fingerprint density at radius 1 is 1.04 bits per heavy atom. The van der Waals surface area contributed by atoms with Gasteiger partial charge >= 0.3 is 0 Å². The van der Waals surface area contributed by atoms with Crippen LogP contribution >= 0.6 is 0 Å². The van der Waals surface area contributed by atoms with Crippen molar-refractivity contribution in [2.75, 3.05) is 11.4 Å². The standard InChI is InChI=1S/C22H20N2O4/c23-20(26)15-24-19-13-7-6-12-18(19)22(28,21(24)27)14-17(25)11-5-4-10-16-8-2-1-3-9-16/h1-13,28H,14-15H2,(H2,23,26)/b10-4+,11-5+. The second-order valence-electron chi connectivity index (χ2n) is 6.51. The molecule has 0 saturated heterocycles. The molecule has 0 radical (unpaired) electrons. The molecule has 0 aliphatic carbocycles. The Kier molecular flexibility index (Phi) is 5.52. The Hall–Kier alpha value is -3.51. The Morgan fingerprint density at radius 3 is 2.43 bits per heavy atom. The third kappa shape index (κ3) is 3.92. The number of carbonyl (C=O) groups excluding carboxylic acids is 3. The van der Waals surface area contributed by atoms with E-state index in [1.54, 1.807) is 36.4 Å². The van der Waals surface area contributed by atoms with Gasteiger partial charge in [-0.2, -0.15) is 0 Å². The van der Waals surface area contributed by atoms with E-state index in [1.165, 1.54) is 6.08 Å². The molecule has 3 rings (SSSR count). The maximum atomic E-state index is 12.7. The second-order valence-corrected chi connectivity index (χ2v) is 6.51. The van der Waals surface area contributed by atoms with E-state index in [1.807, 2.05) is 36.4 Å². The van der Waals surface area contributed by atoms with Crippen molar-refractivity contribution in [2.24, 2.45) is 5.73 Å². The van der Waals surface area contributed by atoms with Crippen LogP contribution in [0.4, 0.5) is 5.69 Å². The smallest absolute Gasteiger partial charge is 0.264 e. The highest BCUT2D eigenvalue weighted by Crippen LogP contribution is 2.42. The summed E-state index contributed by atoms with van der Waals surface area (Å²) in [6.45, 7) is -0.359. The van der Waals surface area contributed by atoms with Crippen molar-refractivity contribution in [1.82, 2.24) is 0 Å². The number of allylic oxidation sites excluding steroid dienone is 3. The van der Waals surface area contributed by atoms with Crippen LogP contribution in [0.1, 0.15) is 17.5 Å². The van der Waals surface area contributed by atoms with E-state index in [9.17, 15) is 19.5 Å². The molecule has 1 aliphatic heterocycles. The summed E-state index contributed by atoms with van der Waals surface area (Å²) in [6, 6.07) is 16.1. The summed E-state index contributed by atoms with van der Waals surface area (Å²) in [5.74, 6) is -1.84. The molecule has 0 bridgehead atoms. The van der Waals surface area contributed by atoms with E-state index < -0.39 is 29.6 Å². The average Bonchev–Trinajstić information content (AvgIpc) is 2.88. The number of para-hydroxylation sites is 1. The Balaban J connectivity index is 1.76. The number of hydrogen-bond acceptors (Lipinski definition) is 4. The van der Waals surface area contributed by atoms with Crippen molar-refractivity contribution in [3.05, 3.63) is 84.0 Å². The molecule has 28 heavy (non-hydrogen) atoms. The zero-order valence-corrected chi connectivity index (χ0v) is 15.1. The third-order valence-electron chi connectivity index (χ3n) is 4.46. The second kappa shape index (κ2) is 8.02. The fraction of sp³-hybridized carbons (Fsp3) is 0.136. The molecule has 1 heterocycles. The summed E-state index contributed by atoms with van der Waals surface area (Å²) in [5, 5.41) is 11.0. The first-order chi connectivity index (χ1) is 13.4. The Morgan fingerprint density at radius 2 is 1.71 bits per heavy atom. The van der Waals surface area contributed by atoms with Crippen LogP contribution in [0.25, 0.3) is 6.08 Å². The van der Waals surface area contributed by atoms with Gasteiger partial charge in [0, 0.05) is 5.56 Å². The molecule has 0 aromatic heterocycles. The van der Waals surface area contributed by atoms with E-state index in [-0.39, 0.29) is 6.54 Å². The normalized spacial score (nSPS) is 18.8. The lowest BCUT2D eigenvalue weighted by atomic mass is 9.90. The first-order valence-electron chi connectivity index (χ1n) is 8.76. The highest BCUT2D eigenvalue weighted by Gasteiger charge is 2.50. The average molecular weight is 376 g/mol. The van der Waals surface area contributed by atoms with Gasteiger partial charge in [-0.1, -0.05) is 66.8 Å². The molecule has 0 saturated carbocycles. The van der Waals surface area contributed by atoms with Crippen LogP contribution in [0.2, 0.25) is 0 Å². The molecular weight excluding hydrogens is 356 g/mol. The van der Waals surface area contributed by atoms with E-state index in [2.05, 4.69) is 0 Å². The molecule has 6 nitrogen and oxygen atoms in total. The van der Waals surface area contributed by atoms with E-state index in [4.69, 9.17) is 5.73 Å². The van der Waals surface area contributed by atoms with Gasteiger partial charge in [-0.3, -0.25) is 19.3 Å². The zero-order chi connectivity index (χ0) is 20.1. The van der Waals surface area contributed by atoms with E-state index in [0.717, 1.165) is 10.5 Å². The van der Waals surface area contributed by atoms with E-state index >= 15 is 0 Å². The van der Waals surface area contributed by atoms with Crippen molar-refractivity contribution < 1.29 is 19.5 Å². The number of amides is 2. The molecular formula is C22H20N2O4. The molecule has 1 aliphatic rings. The predicted octanol–water partition coefficient (Wildman–Crippen LogP) is 1.93. The number of carbonyl (C=O) groups is 3. The van der Waals surface area contributed by atoms with Gasteiger partial charge in [-0.25, -0.2) is 0 Å². The summed E-state index contributed by atoms with van der Waals surface area (Å²) in [4.78, 5) is 37.5. The first-order valence-corrected chi connectivity index (χ1v) is 8.76. The van der Waals surface area contributed by atoms with Gasteiger partial charge in [0.05, 0.1) is 12.1 Å². The van der Waals surface area contributed by atoms with Crippen LogP contribution in [0, 0.1) is 0 Å². The third-order valence-corrected chi connectivity index (χ3v) is 4.46. The summed E-state index contributed by atoms with van der Waals surface area (Å²) in [5.41, 5.74) is 4.86. The number of fused-ring (bicyclic) bond motifs is 1. The van der Waals surface area contributed by atoms with Gasteiger partial charge in [-0.15, -0.1) is 0 Å². The molecule has 0 spiro atoms. The number of nitrogens with zero attached hydrogens (tertiary/aromatic N) is 1. The molecule has 2 aromatic carbocycles. The highest BCUT2D eigenvalue weighted by atomic mass is 16.3. The van der Waals surface area contributed by atoms with Crippen LogP contribution in [0.5, 0.6) is 0 Å². The van der Waals surface area contributed by atoms with Crippen LogP contribution in [0.15, 0.2) is 72.8 Å². The lowest BCUT2D eigenvalue weighted by Gasteiger charge is -2.21. The van der Waals surface area contributed by atoms with Crippen LogP contribution in [-0.4, -0.2) is 29.2 Å². The van der Waals surface area contributed by atoms with Gasteiger partial charge in [0.2, 0.25) is 5.91 Å². The Bertz CT molecular complexity index is 966. The molecule has 6 heteroatoms. The lowest BCUT2D eigenvalue weighted by Crippen LogP contribution is -2.44. The number of primary amides is 1. The van der Waals surface area contributed by atoms with Crippen LogP contribution in [-0.2, 0) is 20.0 Å². The van der Waals surface area contributed by atoms with Gasteiger partial charge in [0.15, 0.2) is 11.4 Å².